The molecule has 0 spiro atoms. The third-order valence-electron chi connectivity index (χ3n) is 3.84. The number of halogens is 2. The van der Waals surface area contributed by atoms with E-state index in [9.17, 15) is 14.7 Å². The van der Waals surface area contributed by atoms with Crippen LogP contribution in [-0.2, 0) is 16.0 Å². The minimum absolute atomic E-state index is 0.00306. The van der Waals surface area contributed by atoms with Crippen molar-refractivity contribution in [2.75, 3.05) is 26.2 Å². The van der Waals surface area contributed by atoms with Crippen molar-refractivity contribution in [3.8, 4) is 5.75 Å². The molecule has 124 valence electrons. The quantitative estimate of drug-likeness (QED) is 0.843. The third-order valence-corrected chi connectivity index (χ3v) is 4.40. The van der Waals surface area contributed by atoms with Crippen LogP contribution in [0.5, 0.6) is 5.75 Å². The maximum Gasteiger partial charge on any atom is 0.246 e. The lowest BCUT2D eigenvalue weighted by molar-refractivity contribution is -0.137. The summed E-state index contributed by atoms with van der Waals surface area (Å²) in [6.07, 6.45) is 1.86. The van der Waals surface area contributed by atoms with Gasteiger partial charge in [0.2, 0.25) is 11.8 Å². The first-order valence-corrected chi connectivity index (χ1v) is 8.04. The molecule has 0 aromatic heterocycles. The lowest BCUT2D eigenvalue weighted by Gasteiger charge is -2.34. The monoisotopic (exact) mass is 356 g/mol. The van der Waals surface area contributed by atoms with Crippen molar-refractivity contribution in [1.29, 1.82) is 0 Å². The van der Waals surface area contributed by atoms with E-state index in [1.165, 1.54) is 12.1 Å². The number of hydrogen-bond donors (Lipinski definition) is 1. The first kappa shape index (κ1) is 17.6. The first-order valence-electron chi connectivity index (χ1n) is 7.28. The van der Waals surface area contributed by atoms with Gasteiger partial charge in [0.25, 0.3) is 0 Å². The SMILES string of the molecule is C=CC(=O)N1CCN(C(=O)CCc2c(O)cc(Cl)cc2Cl)CC1. The minimum Gasteiger partial charge on any atom is -0.508 e. The van der Waals surface area contributed by atoms with Gasteiger partial charge in [0.15, 0.2) is 0 Å². The van der Waals surface area contributed by atoms with Crippen LogP contribution in [0.15, 0.2) is 24.8 Å². The number of piperazine rings is 1. The number of aromatic hydroxyl groups is 1. The molecule has 7 heteroatoms. The lowest BCUT2D eigenvalue weighted by atomic mass is 10.1. The fourth-order valence-electron chi connectivity index (χ4n) is 2.53. The zero-order chi connectivity index (χ0) is 17.0. The van der Waals surface area contributed by atoms with E-state index in [4.69, 9.17) is 23.2 Å². The predicted octanol–water partition coefficient (Wildman–Crippen LogP) is 2.49. The summed E-state index contributed by atoms with van der Waals surface area (Å²) in [5.74, 6) is -0.146. The Balaban J connectivity index is 1.89. The zero-order valence-corrected chi connectivity index (χ0v) is 14.1. The molecule has 1 aliphatic heterocycles. The molecule has 1 heterocycles. The van der Waals surface area contributed by atoms with Crippen LogP contribution in [0.3, 0.4) is 0 Å². The van der Waals surface area contributed by atoms with Gasteiger partial charge in [-0.05, 0) is 24.6 Å². The average Bonchev–Trinajstić information content (AvgIpc) is 2.53. The van der Waals surface area contributed by atoms with Crippen LogP contribution in [0, 0.1) is 0 Å². The molecule has 0 aliphatic carbocycles. The largest absolute Gasteiger partial charge is 0.508 e. The average molecular weight is 357 g/mol. The fraction of sp³-hybridized carbons (Fsp3) is 0.375. The smallest absolute Gasteiger partial charge is 0.246 e. The van der Waals surface area contributed by atoms with E-state index in [2.05, 4.69) is 6.58 Å². The highest BCUT2D eigenvalue weighted by atomic mass is 35.5. The van der Waals surface area contributed by atoms with Crippen molar-refractivity contribution in [3.05, 3.63) is 40.4 Å². The number of phenolic OH excluding ortho intramolecular Hbond substituents is 1. The number of phenols is 1. The van der Waals surface area contributed by atoms with E-state index < -0.39 is 0 Å². The molecule has 1 aromatic rings. The molecule has 1 aromatic carbocycles. The van der Waals surface area contributed by atoms with Gasteiger partial charge in [-0.2, -0.15) is 0 Å². The number of rotatable bonds is 4. The highest BCUT2D eigenvalue weighted by Gasteiger charge is 2.23. The van der Waals surface area contributed by atoms with E-state index in [1.807, 2.05) is 0 Å². The molecular formula is C16H18Cl2N2O3. The number of amides is 2. The Labute approximate surface area is 145 Å². The second-order valence-corrected chi connectivity index (χ2v) is 6.14. The Hall–Kier alpha value is -1.72. The third kappa shape index (κ3) is 4.39. The molecule has 2 amide bonds. The van der Waals surface area contributed by atoms with E-state index in [1.54, 1.807) is 15.9 Å². The Morgan fingerprint density at radius 3 is 2.35 bits per heavy atom. The predicted molar refractivity (Wildman–Crippen MR) is 89.8 cm³/mol. The van der Waals surface area contributed by atoms with Crippen LogP contribution in [-0.4, -0.2) is 52.9 Å². The van der Waals surface area contributed by atoms with Crippen LogP contribution in [0.2, 0.25) is 10.0 Å². The standard InChI is InChI=1S/C16H18Cl2N2O3/c1-2-15(22)19-5-7-20(8-6-19)16(23)4-3-12-13(18)9-11(17)10-14(12)21/h2,9-10,21H,1,3-8H2. The van der Waals surface area contributed by atoms with Gasteiger partial charge in [0.1, 0.15) is 5.75 Å². The van der Waals surface area contributed by atoms with E-state index in [-0.39, 0.29) is 24.0 Å². The summed E-state index contributed by atoms with van der Waals surface area (Å²) in [5, 5.41) is 10.6. The molecule has 1 aliphatic rings. The Bertz CT molecular complexity index is 603. The second kappa shape index (κ2) is 7.70. The van der Waals surface area contributed by atoms with Crippen molar-refractivity contribution < 1.29 is 14.7 Å². The number of benzene rings is 1. The Morgan fingerprint density at radius 2 is 1.78 bits per heavy atom. The maximum atomic E-state index is 12.3. The van der Waals surface area contributed by atoms with E-state index in [0.717, 1.165) is 0 Å². The molecule has 0 radical (unpaired) electrons. The highest BCUT2D eigenvalue weighted by molar-refractivity contribution is 6.35. The second-order valence-electron chi connectivity index (χ2n) is 5.30. The van der Waals surface area contributed by atoms with Crippen molar-refractivity contribution >= 4 is 35.0 Å². The summed E-state index contributed by atoms with van der Waals surface area (Å²) in [6, 6.07) is 2.95. The van der Waals surface area contributed by atoms with Crippen LogP contribution in [0.1, 0.15) is 12.0 Å². The first-order chi connectivity index (χ1) is 10.9. The van der Waals surface area contributed by atoms with Crippen LogP contribution in [0.25, 0.3) is 0 Å². The molecule has 1 saturated heterocycles. The molecule has 0 saturated carbocycles. The minimum atomic E-state index is -0.116. The molecule has 2 rings (SSSR count). The summed E-state index contributed by atoms with van der Waals surface area (Å²) < 4.78 is 0. The number of carbonyl (C=O) groups excluding carboxylic acids is 2. The van der Waals surface area contributed by atoms with Gasteiger partial charge < -0.3 is 14.9 Å². The summed E-state index contributed by atoms with van der Waals surface area (Å²) in [5.41, 5.74) is 0.518. The van der Waals surface area contributed by atoms with Crippen LogP contribution in [0.4, 0.5) is 0 Å². The van der Waals surface area contributed by atoms with Crippen LogP contribution >= 0.6 is 23.2 Å². The van der Waals surface area contributed by atoms with Gasteiger partial charge in [0, 0.05) is 48.2 Å². The van der Waals surface area contributed by atoms with E-state index in [0.29, 0.717) is 48.2 Å². The molecule has 0 unspecified atom stereocenters. The van der Waals surface area contributed by atoms with Crippen LogP contribution < -0.4 is 0 Å². The summed E-state index contributed by atoms with van der Waals surface area (Å²) in [4.78, 5) is 27.1. The summed E-state index contributed by atoms with van der Waals surface area (Å²) >= 11 is 11.9. The van der Waals surface area contributed by atoms with Gasteiger partial charge in [0.05, 0.1) is 0 Å². The summed E-state index contributed by atoms with van der Waals surface area (Å²) in [6.45, 7) is 5.46. The maximum absolute atomic E-state index is 12.3. The molecule has 1 N–H and O–H groups in total. The van der Waals surface area contributed by atoms with Crippen molar-refractivity contribution in [1.82, 2.24) is 9.80 Å². The highest BCUT2D eigenvalue weighted by Crippen LogP contribution is 2.31. The number of carbonyl (C=O) groups is 2. The molecule has 23 heavy (non-hydrogen) atoms. The number of nitrogens with zero attached hydrogens (tertiary/aromatic N) is 2. The fourth-order valence-corrected chi connectivity index (χ4v) is 3.11. The molecule has 0 bridgehead atoms. The van der Waals surface area contributed by atoms with E-state index >= 15 is 0 Å². The van der Waals surface area contributed by atoms with Gasteiger partial charge >= 0.3 is 0 Å². The lowest BCUT2D eigenvalue weighted by Crippen LogP contribution is -2.50. The van der Waals surface area contributed by atoms with Crippen molar-refractivity contribution in [2.45, 2.75) is 12.8 Å². The Kier molecular flexibility index (Phi) is 5.91. The zero-order valence-electron chi connectivity index (χ0n) is 12.6. The number of hydrogen-bond acceptors (Lipinski definition) is 3. The van der Waals surface area contributed by atoms with Gasteiger partial charge in [-0.15, -0.1) is 0 Å². The molecular weight excluding hydrogens is 339 g/mol. The summed E-state index contributed by atoms with van der Waals surface area (Å²) in [7, 11) is 0. The van der Waals surface area contributed by atoms with Crippen molar-refractivity contribution in [3.63, 3.8) is 0 Å². The van der Waals surface area contributed by atoms with Crippen molar-refractivity contribution in [2.24, 2.45) is 0 Å². The van der Waals surface area contributed by atoms with Gasteiger partial charge in [-0.25, -0.2) is 0 Å². The molecule has 1 fully saturated rings. The van der Waals surface area contributed by atoms with Gasteiger partial charge in [-0.3, -0.25) is 9.59 Å². The normalized spacial score (nSPS) is 14.7. The molecule has 5 nitrogen and oxygen atoms in total. The molecule has 0 atom stereocenters. The Morgan fingerprint density at radius 1 is 1.17 bits per heavy atom. The van der Waals surface area contributed by atoms with Gasteiger partial charge in [-0.1, -0.05) is 29.8 Å². The topological polar surface area (TPSA) is 60.9 Å².